The second-order valence-electron chi connectivity index (χ2n) is 4.61. The fourth-order valence-electron chi connectivity index (χ4n) is 1.67. The lowest BCUT2D eigenvalue weighted by Gasteiger charge is -2.05. The molecule has 5 nitrogen and oxygen atoms in total. The van der Waals surface area contributed by atoms with Crippen molar-refractivity contribution in [3.8, 4) is 0 Å². The minimum atomic E-state index is 0.512. The lowest BCUT2D eigenvalue weighted by molar-refractivity contribution is 0.588. The van der Waals surface area contributed by atoms with Gasteiger partial charge in [-0.3, -0.25) is 4.68 Å². The summed E-state index contributed by atoms with van der Waals surface area (Å²) >= 11 is 0. The van der Waals surface area contributed by atoms with Gasteiger partial charge in [-0.2, -0.15) is 0 Å². The average molecular weight is 233 g/mol. The molecule has 0 unspecified atom stereocenters. The molecule has 0 radical (unpaired) electrons. The first kappa shape index (κ1) is 11.9. The summed E-state index contributed by atoms with van der Waals surface area (Å²) in [5, 5.41) is 11.4. The average Bonchev–Trinajstić information content (AvgIpc) is 2.86. The molecular formula is C12H19N5. The van der Waals surface area contributed by atoms with Gasteiger partial charge in [0, 0.05) is 38.2 Å². The highest BCUT2D eigenvalue weighted by atomic mass is 15.4. The maximum Gasteiger partial charge on any atom is 0.102 e. The number of hydrogen-bond donors (Lipinski definition) is 1. The SMILES string of the molecule is CC(C)NCc1ccn(Cc2cn(C)nn2)c1. The normalized spacial score (nSPS) is 11.3. The molecule has 1 N–H and O–H groups in total. The first-order chi connectivity index (χ1) is 8.13. The van der Waals surface area contributed by atoms with Gasteiger partial charge in [0.15, 0.2) is 0 Å². The van der Waals surface area contributed by atoms with Gasteiger partial charge >= 0.3 is 0 Å². The molecule has 2 heterocycles. The van der Waals surface area contributed by atoms with Gasteiger partial charge in [0.25, 0.3) is 0 Å². The van der Waals surface area contributed by atoms with Crippen LogP contribution in [0.3, 0.4) is 0 Å². The highest BCUT2D eigenvalue weighted by Crippen LogP contribution is 2.04. The molecule has 0 saturated heterocycles. The second kappa shape index (κ2) is 5.14. The van der Waals surface area contributed by atoms with Crippen LogP contribution in [0.1, 0.15) is 25.1 Å². The standard InChI is InChI=1S/C12H19N5/c1-10(2)13-6-11-4-5-17(7-11)9-12-8-16(3)15-14-12/h4-5,7-8,10,13H,6,9H2,1-3H3. The lowest BCUT2D eigenvalue weighted by Crippen LogP contribution is -2.21. The molecule has 2 rings (SSSR count). The van der Waals surface area contributed by atoms with Crippen molar-refractivity contribution in [2.45, 2.75) is 33.0 Å². The number of aryl methyl sites for hydroxylation is 1. The lowest BCUT2D eigenvalue weighted by atomic mass is 10.3. The molecule has 0 aromatic carbocycles. The van der Waals surface area contributed by atoms with Crippen LogP contribution in [0.25, 0.3) is 0 Å². The van der Waals surface area contributed by atoms with Crippen molar-refractivity contribution in [1.29, 1.82) is 0 Å². The van der Waals surface area contributed by atoms with Crippen LogP contribution in [0, 0.1) is 0 Å². The van der Waals surface area contributed by atoms with Crippen LogP contribution in [0.15, 0.2) is 24.7 Å². The van der Waals surface area contributed by atoms with Crippen LogP contribution in [0.5, 0.6) is 0 Å². The fourth-order valence-corrected chi connectivity index (χ4v) is 1.67. The quantitative estimate of drug-likeness (QED) is 0.843. The highest BCUT2D eigenvalue weighted by molar-refractivity contribution is 5.11. The van der Waals surface area contributed by atoms with Crippen LogP contribution < -0.4 is 5.32 Å². The molecule has 0 fully saturated rings. The molecule has 0 amide bonds. The third-order valence-corrected chi connectivity index (χ3v) is 2.52. The minimum absolute atomic E-state index is 0.512. The van der Waals surface area contributed by atoms with Crippen LogP contribution in [-0.2, 0) is 20.1 Å². The molecule has 0 aliphatic rings. The number of nitrogens with one attached hydrogen (secondary N) is 1. The Kier molecular flexibility index (Phi) is 3.58. The Bertz CT molecular complexity index is 469. The largest absolute Gasteiger partial charge is 0.348 e. The Hall–Kier alpha value is -1.62. The summed E-state index contributed by atoms with van der Waals surface area (Å²) in [6, 6.07) is 2.64. The maximum atomic E-state index is 4.07. The number of rotatable bonds is 5. The molecule has 0 saturated carbocycles. The monoisotopic (exact) mass is 233 g/mol. The Morgan fingerprint density at radius 1 is 1.35 bits per heavy atom. The summed E-state index contributed by atoms with van der Waals surface area (Å²) in [6.45, 7) is 5.98. The zero-order valence-electron chi connectivity index (χ0n) is 10.6. The van der Waals surface area contributed by atoms with Crippen molar-refractivity contribution in [1.82, 2.24) is 24.9 Å². The van der Waals surface area contributed by atoms with Crippen molar-refractivity contribution < 1.29 is 0 Å². The first-order valence-electron chi connectivity index (χ1n) is 5.87. The van der Waals surface area contributed by atoms with Crippen molar-refractivity contribution in [3.05, 3.63) is 35.9 Å². The number of nitrogens with zero attached hydrogens (tertiary/aromatic N) is 4. The molecular weight excluding hydrogens is 214 g/mol. The van der Waals surface area contributed by atoms with Crippen molar-refractivity contribution >= 4 is 0 Å². The van der Waals surface area contributed by atoms with E-state index in [1.165, 1.54) is 5.56 Å². The van der Waals surface area contributed by atoms with Gasteiger partial charge in [-0.1, -0.05) is 19.1 Å². The topological polar surface area (TPSA) is 47.7 Å². The smallest absolute Gasteiger partial charge is 0.102 e. The summed E-state index contributed by atoms with van der Waals surface area (Å²) in [6.07, 6.45) is 6.15. The third-order valence-electron chi connectivity index (χ3n) is 2.52. The van der Waals surface area contributed by atoms with Gasteiger partial charge in [0.05, 0.1) is 6.54 Å². The molecule has 0 aliphatic heterocycles. The first-order valence-corrected chi connectivity index (χ1v) is 5.87. The highest BCUT2D eigenvalue weighted by Gasteiger charge is 2.01. The molecule has 17 heavy (non-hydrogen) atoms. The second-order valence-corrected chi connectivity index (χ2v) is 4.61. The van der Waals surface area contributed by atoms with E-state index in [-0.39, 0.29) is 0 Å². The maximum absolute atomic E-state index is 4.07. The molecule has 0 spiro atoms. The third kappa shape index (κ3) is 3.42. The van der Waals surface area contributed by atoms with Gasteiger partial charge in [-0.05, 0) is 11.6 Å². The molecule has 92 valence electrons. The van der Waals surface area contributed by atoms with Gasteiger partial charge in [0.2, 0.25) is 0 Å². The summed E-state index contributed by atoms with van der Waals surface area (Å²) in [5.74, 6) is 0. The fraction of sp³-hybridized carbons (Fsp3) is 0.500. The summed E-state index contributed by atoms with van der Waals surface area (Å²) < 4.78 is 3.85. The Labute approximate surface area is 101 Å². The number of hydrogen-bond acceptors (Lipinski definition) is 3. The van der Waals surface area contributed by atoms with E-state index in [0.29, 0.717) is 6.04 Å². The Morgan fingerprint density at radius 3 is 2.82 bits per heavy atom. The molecule has 0 atom stereocenters. The van der Waals surface area contributed by atoms with E-state index in [0.717, 1.165) is 18.8 Å². The van der Waals surface area contributed by atoms with E-state index in [9.17, 15) is 0 Å². The van der Waals surface area contributed by atoms with Gasteiger partial charge in [-0.15, -0.1) is 5.10 Å². The van der Waals surface area contributed by atoms with Crippen LogP contribution in [-0.4, -0.2) is 25.6 Å². The zero-order chi connectivity index (χ0) is 12.3. The van der Waals surface area contributed by atoms with Crippen molar-refractivity contribution in [3.63, 3.8) is 0 Å². The minimum Gasteiger partial charge on any atom is -0.348 e. The van der Waals surface area contributed by atoms with E-state index in [1.807, 2.05) is 13.2 Å². The van der Waals surface area contributed by atoms with Crippen molar-refractivity contribution in [2.75, 3.05) is 0 Å². The van der Waals surface area contributed by atoms with Gasteiger partial charge in [-0.25, -0.2) is 0 Å². The van der Waals surface area contributed by atoms with Crippen LogP contribution in [0.2, 0.25) is 0 Å². The van der Waals surface area contributed by atoms with E-state index in [4.69, 9.17) is 0 Å². The molecule has 5 heteroatoms. The molecule has 0 bridgehead atoms. The summed E-state index contributed by atoms with van der Waals surface area (Å²) in [4.78, 5) is 0. The van der Waals surface area contributed by atoms with E-state index >= 15 is 0 Å². The van der Waals surface area contributed by atoms with Gasteiger partial charge in [0.1, 0.15) is 5.69 Å². The molecule has 2 aromatic rings. The van der Waals surface area contributed by atoms with E-state index in [1.54, 1.807) is 4.68 Å². The summed E-state index contributed by atoms with van der Waals surface area (Å²) in [5.41, 5.74) is 2.27. The van der Waals surface area contributed by atoms with Crippen LogP contribution in [0.4, 0.5) is 0 Å². The predicted molar refractivity (Wildman–Crippen MR) is 66.5 cm³/mol. The zero-order valence-corrected chi connectivity index (χ0v) is 10.6. The number of aromatic nitrogens is 4. The van der Waals surface area contributed by atoms with E-state index in [2.05, 4.69) is 52.5 Å². The van der Waals surface area contributed by atoms with Crippen LogP contribution >= 0.6 is 0 Å². The van der Waals surface area contributed by atoms with Crippen molar-refractivity contribution in [2.24, 2.45) is 7.05 Å². The molecule has 0 aliphatic carbocycles. The summed E-state index contributed by atoms with van der Waals surface area (Å²) in [7, 11) is 1.88. The Balaban J connectivity index is 1.94. The Morgan fingerprint density at radius 2 is 2.18 bits per heavy atom. The van der Waals surface area contributed by atoms with Gasteiger partial charge < -0.3 is 9.88 Å². The molecule has 2 aromatic heterocycles. The van der Waals surface area contributed by atoms with E-state index < -0.39 is 0 Å². The predicted octanol–water partition coefficient (Wildman–Crippen LogP) is 1.16.